The second-order valence-electron chi connectivity index (χ2n) is 5.39. The van der Waals surface area contributed by atoms with Crippen molar-refractivity contribution in [2.75, 3.05) is 26.2 Å². The third kappa shape index (κ3) is 7.21. The number of hydrogen-bond acceptors (Lipinski definition) is 3. The monoisotopic (exact) mass is 370 g/mol. The highest BCUT2D eigenvalue weighted by Crippen LogP contribution is 2.28. The van der Waals surface area contributed by atoms with Crippen LogP contribution in [0.1, 0.15) is 37.8 Å². The van der Waals surface area contributed by atoms with Crippen LogP contribution >= 0.6 is 24.8 Å². The van der Waals surface area contributed by atoms with E-state index in [4.69, 9.17) is 0 Å². The molecule has 1 aliphatic rings. The summed E-state index contributed by atoms with van der Waals surface area (Å²) in [4.78, 5) is 2.48. The maximum atomic E-state index is 12.2. The molecule has 7 heteroatoms. The summed E-state index contributed by atoms with van der Waals surface area (Å²) in [5.41, 5.74) is 1.19. The van der Waals surface area contributed by atoms with Gasteiger partial charge in [-0.15, -0.1) is 24.8 Å². The number of piperazine rings is 1. The second-order valence-corrected chi connectivity index (χ2v) is 5.39. The summed E-state index contributed by atoms with van der Waals surface area (Å²) in [6, 6.07) is 7.48. The average molecular weight is 371 g/mol. The highest BCUT2D eigenvalue weighted by atomic mass is 35.5. The molecule has 3 nitrogen and oxygen atoms in total. The molecule has 0 radical (unpaired) electrons. The topological polar surface area (TPSA) is 24.5 Å². The molecule has 0 unspecified atom stereocenters. The largest absolute Gasteiger partial charge is 0.435 e. The first kappa shape index (κ1) is 22.4. The van der Waals surface area contributed by atoms with Crippen LogP contribution in [-0.4, -0.2) is 37.7 Å². The number of benzene rings is 1. The molecule has 23 heavy (non-hydrogen) atoms. The molecule has 1 fully saturated rings. The van der Waals surface area contributed by atoms with Crippen molar-refractivity contribution >= 4 is 24.8 Å². The summed E-state index contributed by atoms with van der Waals surface area (Å²) in [5.74, 6) is 0.225. The first-order valence-corrected chi connectivity index (χ1v) is 7.70. The van der Waals surface area contributed by atoms with E-state index >= 15 is 0 Å². The third-order valence-corrected chi connectivity index (χ3v) is 3.91. The minimum absolute atomic E-state index is 0. The molecule has 2 rings (SSSR count). The lowest BCUT2D eigenvalue weighted by molar-refractivity contribution is -0.0498. The molecule has 1 aromatic carbocycles. The molecule has 1 atom stereocenters. The zero-order valence-electron chi connectivity index (χ0n) is 13.3. The number of nitrogens with one attached hydrogen (secondary N) is 1. The average Bonchev–Trinajstić information content (AvgIpc) is 2.50. The van der Waals surface area contributed by atoms with Crippen LogP contribution in [0.15, 0.2) is 24.3 Å². The Kier molecular flexibility index (Phi) is 11.5. The number of rotatable bonds is 7. The van der Waals surface area contributed by atoms with E-state index in [0.717, 1.165) is 39.0 Å². The van der Waals surface area contributed by atoms with Gasteiger partial charge in [0.05, 0.1) is 0 Å². The number of alkyl halides is 2. The van der Waals surface area contributed by atoms with Crippen LogP contribution in [0.3, 0.4) is 0 Å². The molecule has 0 aliphatic carbocycles. The normalized spacial score (nSPS) is 16.3. The molecule has 0 bridgehead atoms. The Morgan fingerprint density at radius 1 is 1.13 bits per heavy atom. The standard InChI is InChI=1S/C16H24F2N2O.2ClH/c1-2-3-4-15(20-11-9-19-10-12-20)13-5-7-14(8-6-13)21-16(17)18;;/h5-8,15-16,19H,2-4,9-12H2,1H3;2*1H/t15-;;/m1../s1. The van der Waals surface area contributed by atoms with Gasteiger partial charge < -0.3 is 10.1 Å². The fourth-order valence-electron chi connectivity index (χ4n) is 2.82. The van der Waals surface area contributed by atoms with E-state index in [1.54, 1.807) is 12.1 Å². The van der Waals surface area contributed by atoms with E-state index in [0.29, 0.717) is 6.04 Å². The van der Waals surface area contributed by atoms with Gasteiger partial charge in [-0.1, -0.05) is 31.9 Å². The molecular formula is C16H26Cl2F2N2O. The van der Waals surface area contributed by atoms with Gasteiger partial charge in [-0.05, 0) is 24.1 Å². The van der Waals surface area contributed by atoms with E-state index in [1.165, 1.54) is 12.0 Å². The Labute approximate surface area is 149 Å². The summed E-state index contributed by atoms with van der Waals surface area (Å²) >= 11 is 0. The van der Waals surface area contributed by atoms with Crippen LogP contribution in [-0.2, 0) is 0 Å². The Balaban J connectivity index is 0.00000242. The predicted octanol–water partition coefficient (Wildman–Crippen LogP) is 4.27. The van der Waals surface area contributed by atoms with Crippen molar-refractivity contribution in [3.63, 3.8) is 0 Å². The van der Waals surface area contributed by atoms with Crippen molar-refractivity contribution in [3.05, 3.63) is 29.8 Å². The molecule has 1 aliphatic heterocycles. The van der Waals surface area contributed by atoms with Crippen LogP contribution in [0.25, 0.3) is 0 Å². The van der Waals surface area contributed by atoms with Crippen LogP contribution in [0.4, 0.5) is 8.78 Å². The van der Waals surface area contributed by atoms with Crippen molar-refractivity contribution in [1.29, 1.82) is 0 Å². The maximum Gasteiger partial charge on any atom is 0.387 e. The zero-order valence-corrected chi connectivity index (χ0v) is 15.0. The van der Waals surface area contributed by atoms with E-state index in [1.807, 2.05) is 12.1 Å². The number of unbranched alkanes of at least 4 members (excludes halogenated alkanes) is 1. The van der Waals surface area contributed by atoms with Crippen LogP contribution in [0.2, 0.25) is 0 Å². The lowest BCUT2D eigenvalue weighted by Crippen LogP contribution is -2.45. The molecule has 1 saturated heterocycles. The summed E-state index contributed by atoms with van der Waals surface area (Å²) < 4.78 is 28.8. The molecule has 1 aromatic rings. The van der Waals surface area contributed by atoms with Crippen molar-refractivity contribution < 1.29 is 13.5 Å². The van der Waals surface area contributed by atoms with Gasteiger partial charge in [0.25, 0.3) is 0 Å². The summed E-state index contributed by atoms with van der Waals surface area (Å²) in [6.07, 6.45) is 3.44. The van der Waals surface area contributed by atoms with E-state index < -0.39 is 6.61 Å². The Morgan fingerprint density at radius 3 is 2.26 bits per heavy atom. The molecule has 1 heterocycles. The number of halogens is 4. The molecule has 0 spiro atoms. The minimum atomic E-state index is -2.76. The molecule has 0 saturated carbocycles. The van der Waals surface area contributed by atoms with Crippen molar-refractivity contribution in [3.8, 4) is 5.75 Å². The fraction of sp³-hybridized carbons (Fsp3) is 0.625. The van der Waals surface area contributed by atoms with E-state index in [2.05, 4.69) is 21.9 Å². The van der Waals surface area contributed by atoms with Gasteiger partial charge in [-0.2, -0.15) is 8.78 Å². The zero-order chi connectivity index (χ0) is 15.1. The Morgan fingerprint density at radius 2 is 1.74 bits per heavy atom. The summed E-state index contributed by atoms with van der Waals surface area (Å²) in [7, 11) is 0. The molecule has 0 amide bonds. The van der Waals surface area contributed by atoms with Gasteiger partial charge >= 0.3 is 6.61 Å². The Hall–Kier alpha value is -0.620. The summed E-state index contributed by atoms with van der Waals surface area (Å²) in [5, 5.41) is 3.36. The first-order chi connectivity index (χ1) is 10.2. The van der Waals surface area contributed by atoms with Gasteiger partial charge in [0.15, 0.2) is 0 Å². The molecular weight excluding hydrogens is 345 g/mol. The van der Waals surface area contributed by atoms with Crippen LogP contribution in [0.5, 0.6) is 5.75 Å². The van der Waals surface area contributed by atoms with Gasteiger partial charge in [-0.25, -0.2) is 0 Å². The fourth-order valence-corrected chi connectivity index (χ4v) is 2.82. The van der Waals surface area contributed by atoms with Gasteiger partial charge in [0, 0.05) is 32.2 Å². The van der Waals surface area contributed by atoms with Crippen LogP contribution in [0, 0.1) is 0 Å². The van der Waals surface area contributed by atoms with Crippen molar-refractivity contribution in [2.45, 2.75) is 38.8 Å². The molecule has 134 valence electrons. The lowest BCUT2D eigenvalue weighted by atomic mass is 9.98. The lowest BCUT2D eigenvalue weighted by Gasteiger charge is -2.35. The predicted molar refractivity (Wildman–Crippen MR) is 94.3 cm³/mol. The first-order valence-electron chi connectivity index (χ1n) is 7.70. The van der Waals surface area contributed by atoms with Crippen molar-refractivity contribution in [2.24, 2.45) is 0 Å². The smallest absolute Gasteiger partial charge is 0.387 e. The number of ether oxygens (including phenoxy) is 1. The third-order valence-electron chi connectivity index (χ3n) is 3.91. The minimum Gasteiger partial charge on any atom is -0.435 e. The van der Waals surface area contributed by atoms with Gasteiger partial charge in [-0.3, -0.25) is 4.90 Å². The number of hydrogen-bond donors (Lipinski definition) is 1. The van der Waals surface area contributed by atoms with Crippen molar-refractivity contribution in [1.82, 2.24) is 10.2 Å². The molecule has 0 aromatic heterocycles. The van der Waals surface area contributed by atoms with Crippen LogP contribution < -0.4 is 10.1 Å². The number of nitrogens with zero attached hydrogens (tertiary/aromatic N) is 1. The SMILES string of the molecule is CCCC[C@H](c1ccc(OC(F)F)cc1)N1CCNCC1.Cl.Cl. The maximum absolute atomic E-state index is 12.2. The Bertz CT molecular complexity index is 415. The van der Waals surface area contributed by atoms with E-state index in [-0.39, 0.29) is 30.6 Å². The molecule has 1 N–H and O–H groups in total. The second kappa shape index (κ2) is 11.8. The van der Waals surface area contributed by atoms with Gasteiger partial charge in [0.1, 0.15) is 5.75 Å². The van der Waals surface area contributed by atoms with E-state index in [9.17, 15) is 8.78 Å². The highest BCUT2D eigenvalue weighted by molar-refractivity contribution is 5.85. The van der Waals surface area contributed by atoms with Gasteiger partial charge in [0.2, 0.25) is 0 Å². The summed E-state index contributed by atoms with van der Waals surface area (Å²) in [6.45, 7) is 3.51. The highest BCUT2D eigenvalue weighted by Gasteiger charge is 2.21. The quantitative estimate of drug-likeness (QED) is 0.775.